The van der Waals surface area contributed by atoms with Gasteiger partial charge in [0.05, 0.1) is 0 Å². The van der Waals surface area contributed by atoms with Crippen LogP contribution in [0.4, 0.5) is 4.79 Å². The van der Waals surface area contributed by atoms with Gasteiger partial charge in [0.1, 0.15) is 5.57 Å². The van der Waals surface area contributed by atoms with Crippen LogP contribution in [-0.4, -0.2) is 34.4 Å². The van der Waals surface area contributed by atoms with E-state index >= 15 is 0 Å². The Bertz CT molecular complexity index is 937. The monoisotopic (exact) mass is 337 g/mol. The molecule has 0 atom stereocenters. The van der Waals surface area contributed by atoms with Crippen LogP contribution in [0.25, 0.3) is 11.8 Å². The molecule has 0 aliphatic carbocycles. The van der Waals surface area contributed by atoms with Crippen LogP contribution in [0, 0.1) is 20.8 Å². The normalized spacial score (nSPS) is 16.6. The summed E-state index contributed by atoms with van der Waals surface area (Å²) in [6.07, 6.45) is 1.54. The second kappa shape index (κ2) is 6.05. The summed E-state index contributed by atoms with van der Waals surface area (Å²) in [6, 6.07) is 9.22. The van der Waals surface area contributed by atoms with Crippen molar-refractivity contribution in [1.29, 1.82) is 0 Å². The SMILES string of the molecule is Cc1ccccc1-n1c(C)cc(/C=C2\C(=O)NC(=O)N(C)C2=O)c1C. The van der Waals surface area contributed by atoms with Crippen LogP contribution in [0.5, 0.6) is 0 Å². The van der Waals surface area contributed by atoms with E-state index in [1.807, 2.05) is 51.1 Å². The Hall–Kier alpha value is -3.15. The first-order valence-corrected chi connectivity index (χ1v) is 7.91. The van der Waals surface area contributed by atoms with Gasteiger partial charge in [-0.25, -0.2) is 4.79 Å². The van der Waals surface area contributed by atoms with E-state index in [4.69, 9.17) is 0 Å². The maximum Gasteiger partial charge on any atom is 0.331 e. The molecule has 1 aromatic carbocycles. The summed E-state index contributed by atoms with van der Waals surface area (Å²) in [7, 11) is 1.34. The van der Waals surface area contributed by atoms with E-state index in [-0.39, 0.29) is 5.57 Å². The molecule has 1 aliphatic rings. The van der Waals surface area contributed by atoms with Crippen molar-refractivity contribution in [2.75, 3.05) is 7.05 Å². The first kappa shape index (κ1) is 16.7. The molecule has 0 saturated carbocycles. The van der Waals surface area contributed by atoms with Crippen LogP contribution in [-0.2, 0) is 9.59 Å². The molecule has 0 bridgehead atoms. The summed E-state index contributed by atoms with van der Waals surface area (Å²) in [6.45, 7) is 5.94. The summed E-state index contributed by atoms with van der Waals surface area (Å²) in [5.74, 6) is -1.27. The number of imide groups is 2. The number of nitrogens with zero attached hydrogens (tertiary/aromatic N) is 2. The molecule has 6 heteroatoms. The number of rotatable bonds is 2. The molecule has 6 nitrogen and oxygen atoms in total. The number of carbonyl (C=O) groups is 3. The molecule has 1 aromatic heterocycles. The van der Waals surface area contributed by atoms with Crippen molar-refractivity contribution < 1.29 is 14.4 Å². The van der Waals surface area contributed by atoms with Gasteiger partial charge in [-0.2, -0.15) is 0 Å². The fourth-order valence-corrected chi connectivity index (χ4v) is 3.02. The number of hydrogen-bond acceptors (Lipinski definition) is 3. The number of nitrogens with one attached hydrogen (secondary N) is 1. The third kappa shape index (κ3) is 2.76. The third-order valence-electron chi connectivity index (χ3n) is 4.43. The summed E-state index contributed by atoms with van der Waals surface area (Å²) >= 11 is 0. The molecule has 2 heterocycles. The van der Waals surface area contributed by atoms with E-state index < -0.39 is 17.8 Å². The minimum atomic E-state index is -0.711. The lowest BCUT2D eigenvalue weighted by molar-refractivity contribution is -0.129. The number of carbonyl (C=O) groups excluding carboxylic acids is 3. The molecule has 128 valence electrons. The minimum Gasteiger partial charge on any atom is -0.318 e. The third-order valence-corrected chi connectivity index (χ3v) is 4.43. The van der Waals surface area contributed by atoms with Gasteiger partial charge in [0.15, 0.2) is 0 Å². The van der Waals surface area contributed by atoms with Crippen LogP contribution in [0.3, 0.4) is 0 Å². The van der Waals surface area contributed by atoms with Crippen molar-refractivity contribution in [3.63, 3.8) is 0 Å². The highest BCUT2D eigenvalue weighted by Crippen LogP contribution is 2.25. The lowest BCUT2D eigenvalue weighted by Gasteiger charge is -2.22. The fourth-order valence-electron chi connectivity index (χ4n) is 3.02. The number of urea groups is 1. The van der Waals surface area contributed by atoms with Crippen LogP contribution < -0.4 is 5.32 Å². The molecule has 25 heavy (non-hydrogen) atoms. The fraction of sp³-hybridized carbons (Fsp3) is 0.211. The number of para-hydroxylation sites is 1. The van der Waals surface area contributed by atoms with E-state index in [1.165, 1.54) is 13.1 Å². The smallest absolute Gasteiger partial charge is 0.318 e. The largest absolute Gasteiger partial charge is 0.331 e. The van der Waals surface area contributed by atoms with Gasteiger partial charge in [-0.05, 0) is 50.1 Å². The van der Waals surface area contributed by atoms with Gasteiger partial charge < -0.3 is 4.57 Å². The Balaban J connectivity index is 2.10. The van der Waals surface area contributed by atoms with Crippen molar-refractivity contribution in [1.82, 2.24) is 14.8 Å². The van der Waals surface area contributed by atoms with Gasteiger partial charge in [-0.1, -0.05) is 18.2 Å². The molecule has 2 aromatic rings. The molecular formula is C19H19N3O3. The number of benzene rings is 1. The Morgan fingerprint density at radius 2 is 1.72 bits per heavy atom. The average Bonchev–Trinajstić information content (AvgIpc) is 2.84. The van der Waals surface area contributed by atoms with Crippen LogP contribution in [0.15, 0.2) is 35.9 Å². The molecule has 3 rings (SSSR count). The van der Waals surface area contributed by atoms with Gasteiger partial charge in [-0.15, -0.1) is 0 Å². The zero-order valence-corrected chi connectivity index (χ0v) is 14.6. The topological polar surface area (TPSA) is 71.4 Å². The maximum atomic E-state index is 12.2. The van der Waals surface area contributed by atoms with E-state index in [1.54, 1.807) is 0 Å². The summed E-state index contributed by atoms with van der Waals surface area (Å²) in [4.78, 5) is 36.7. The maximum absolute atomic E-state index is 12.2. The van der Waals surface area contributed by atoms with E-state index in [2.05, 4.69) is 9.88 Å². The predicted molar refractivity (Wildman–Crippen MR) is 94.3 cm³/mol. The van der Waals surface area contributed by atoms with Crippen molar-refractivity contribution in [2.45, 2.75) is 20.8 Å². The number of amides is 4. The van der Waals surface area contributed by atoms with E-state index in [0.29, 0.717) is 0 Å². The molecule has 1 saturated heterocycles. The molecular weight excluding hydrogens is 318 g/mol. The Morgan fingerprint density at radius 1 is 1.04 bits per heavy atom. The van der Waals surface area contributed by atoms with Crippen molar-refractivity contribution >= 4 is 23.9 Å². The summed E-state index contributed by atoms with van der Waals surface area (Å²) in [5, 5.41) is 2.16. The van der Waals surface area contributed by atoms with Crippen LogP contribution >= 0.6 is 0 Å². The summed E-state index contributed by atoms with van der Waals surface area (Å²) in [5.41, 5.74) is 4.80. The van der Waals surface area contributed by atoms with Gasteiger partial charge in [-0.3, -0.25) is 19.8 Å². The van der Waals surface area contributed by atoms with Crippen molar-refractivity contribution in [2.24, 2.45) is 0 Å². The molecule has 4 amide bonds. The van der Waals surface area contributed by atoms with Gasteiger partial charge in [0.2, 0.25) is 0 Å². The second-order valence-electron chi connectivity index (χ2n) is 6.13. The van der Waals surface area contributed by atoms with Gasteiger partial charge in [0.25, 0.3) is 11.8 Å². The minimum absolute atomic E-state index is 0.0490. The molecule has 0 radical (unpaired) electrons. The van der Waals surface area contributed by atoms with E-state index in [9.17, 15) is 14.4 Å². The zero-order chi connectivity index (χ0) is 18.3. The van der Waals surface area contributed by atoms with E-state index in [0.717, 1.165) is 33.1 Å². The van der Waals surface area contributed by atoms with Crippen LogP contribution in [0.1, 0.15) is 22.5 Å². The average molecular weight is 337 g/mol. The number of hydrogen-bond donors (Lipinski definition) is 1. The molecule has 0 unspecified atom stereocenters. The Morgan fingerprint density at radius 3 is 2.40 bits per heavy atom. The highest BCUT2D eigenvalue weighted by molar-refractivity contribution is 6.30. The lowest BCUT2D eigenvalue weighted by atomic mass is 10.1. The molecule has 1 aliphatic heterocycles. The lowest BCUT2D eigenvalue weighted by Crippen LogP contribution is -2.52. The quantitative estimate of drug-likeness (QED) is 0.676. The number of aromatic nitrogens is 1. The number of barbiturate groups is 1. The zero-order valence-electron chi connectivity index (χ0n) is 14.6. The first-order chi connectivity index (χ1) is 11.8. The molecule has 1 fully saturated rings. The number of aryl methyl sites for hydroxylation is 2. The van der Waals surface area contributed by atoms with Gasteiger partial charge in [0, 0.05) is 24.1 Å². The van der Waals surface area contributed by atoms with Crippen LogP contribution in [0.2, 0.25) is 0 Å². The molecule has 0 spiro atoms. The Labute approximate surface area is 145 Å². The highest BCUT2D eigenvalue weighted by atomic mass is 16.2. The first-order valence-electron chi connectivity index (χ1n) is 7.91. The Kier molecular flexibility index (Phi) is 4.04. The van der Waals surface area contributed by atoms with Crippen molar-refractivity contribution in [3.05, 3.63) is 58.4 Å². The summed E-state index contributed by atoms with van der Waals surface area (Å²) < 4.78 is 2.09. The standard InChI is InChI=1S/C19H19N3O3/c1-11-7-5-6-8-16(11)22-12(2)9-14(13(22)3)10-15-17(23)20-19(25)21(4)18(15)24/h5-10H,1-4H3,(H,20,23,25)/b15-10+. The second-order valence-corrected chi connectivity index (χ2v) is 6.13. The molecule has 1 N–H and O–H groups in total. The number of likely N-dealkylation sites (N-methyl/N-ethyl adjacent to an activating group) is 1. The van der Waals surface area contributed by atoms with Gasteiger partial charge >= 0.3 is 6.03 Å². The van der Waals surface area contributed by atoms with Crippen molar-refractivity contribution in [3.8, 4) is 5.69 Å². The predicted octanol–water partition coefficient (Wildman–Crippen LogP) is 2.49. The highest BCUT2D eigenvalue weighted by Gasteiger charge is 2.33.